The number of likely N-dealkylation sites (N-methyl/N-ethyl adjacent to an activating group) is 1. The summed E-state index contributed by atoms with van der Waals surface area (Å²) in [6, 6.07) is 6.94. The average molecular weight is 386 g/mol. The fourth-order valence-electron chi connectivity index (χ4n) is 3.82. The summed E-state index contributed by atoms with van der Waals surface area (Å²) in [4.78, 5) is 40.8. The van der Waals surface area contributed by atoms with Gasteiger partial charge in [-0.05, 0) is 43.7 Å². The van der Waals surface area contributed by atoms with Crippen LogP contribution in [0.5, 0.6) is 0 Å². The smallest absolute Gasteiger partial charge is 0.313 e. The molecule has 2 aliphatic rings. The zero-order valence-corrected chi connectivity index (χ0v) is 16.6. The lowest BCUT2D eigenvalue weighted by Gasteiger charge is -2.33. The predicted molar refractivity (Wildman–Crippen MR) is 108 cm³/mol. The van der Waals surface area contributed by atoms with Crippen LogP contribution in [0, 0.1) is 0 Å². The number of piperazine rings is 1. The fraction of sp³-hybridized carbons (Fsp3) is 0.571. The second-order valence-electron chi connectivity index (χ2n) is 7.57. The van der Waals surface area contributed by atoms with Gasteiger partial charge in [-0.15, -0.1) is 0 Å². The van der Waals surface area contributed by atoms with Crippen molar-refractivity contribution in [1.29, 1.82) is 0 Å². The number of hydrogen-bond acceptors (Lipinski definition) is 4. The largest absolute Gasteiger partial charge is 0.349 e. The van der Waals surface area contributed by atoms with Gasteiger partial charge in [0, 0.05) is 43.5 Å². The Morgan fingerprint density at radius 3 is 2.21 bits per heavy atom. The molecular formula is C21H30N4O3. The van der Waals surface area contributed by atoms with Gasteiger partial charge in [0.05, 0.1) is 0 Å². The van der Waals surface area contributed by atoms with Crippen LogP contribution in [0.4, 0.5) is 5.69 Å². The first-order valence-corrected chi connectivity index (χ1v) is 10.3. The van der Waals surface area contributed by atoms with E-state index in [-0.39, 0.29) is 11.9 Å². The number of carbonyl (C=O) groups excluding carboxylic acids is 3. The molecule has 0 aromatic heterocycles. The Labute approximate surface area is 166 Å². The third kappa shape index (κ3) is 5.32. The Hall–Kier alpha value is -2.41. The van der Waals surface area contributed by atoms with Crippen LogP contribution in [0.2, 0.25) is 0 Å². The fourth-order valence-corrected chi connectivity index (χ4v) is 3.82. The second-order valence-corrected chi connectivity index (χ2v) is 7.57. The van der Waals surface area contributed by atoms with Gasteiger partial charge in [-0.25, -0.2) is 0 Å². The Kier molecular flexibility index (Phi) is 7.03. The van der Waals surface area contributed by atoms with Gasteiger partial charge in [0.25, 0.3) is 5.91 Å². The number of nitrogens with zero attached hydrogens (tertiary/aromatic N) is 2. The summed E-state index contributed by atoms with van der Waals surface area (Å²) in [7, 11) is 0. The molecule has 1 heterocycles. The van der Waals surface area contributed by atoms with Gasteiger partial charge in [0.1, 0.15) is 0 Å². The van der Waals surface area contributed by atoms with Crippen molar-refractivity contribution < 1.29 is 14.4 Å². The van der Waals surface area contributed by atoms with Crippen LogP contribution in [0.3, 0.4) is 0 Å². The third-order valence-corrected chi connectivity index (χ3v) is 5.65. The quantitative estimate of drug-likeness (QED) is 0.774. The molecule has 0 atom stereocenters. The van der Waals surface area contributed by atoms with E-state index in [9.17, 15) is 14.4 Å². The predicted octanol–water partition coefficient (Wildman–Crippen LogP) is 1.85. The summed E-state index contributed by atoms with van der Waals surface area (Å²) >= 11 is 0. The molecule has 3 rings (SSSR count). The van der Waals surface area contributed by atoms with Crippen molar-refractivity contribution in [2.75, 3.05) is 38.0 Å². The zero-order valence-electron chi connectivity index (χ0n) is 16.6. The first kappa shape index (κ1) is 20.3. The van der Waals surface area contributed by atoms with Crippen LogP contribution in [-0.2, 0) is 9.59 Å². The van der Waals surface area contributed by atoms with Gasteiger partial charge in [-0.1, -0.05) is 26.2 Å². The lowest BCUT2D eigenvalue weighted by molar-refractivity contribution is -0.144. The number of hydrogen-bond donors (Lipinski definition) is 2. The van der Waals surface area contributed by atoms with E-state index in [0.29, 0.717) is 24.3 Å². The van der Waals surface area contributed by atoms with Crippen LogP contribution in [0.15, 0.2) is 24.3 Å². The summed E-state index contributed by atoms with van der Waals surface area (Å²) < 4.78 is 0. The van der Waals surface area contributed by atoms with Crippen LogP contribution >= 0.6 is 0 Å². The van der Waals surface area contributed by atoms with Gasteiger partial charge >= 0.3 is 11.8 Å². The monoisotopic (exact) mass is 386 g/mol. The first-order chi connectivity index (χ1) is 13.6. The number of benzene rings is 1. The van der Waals surface area contributed by atoms with Crippen molar-refractivity contribution in [3.63, 3.8) is 0 Å². The van der Waals surface area contributed by atoms with Crippen LogP contribution in [0.25, 0.3) is 0 Å². The van der Waals surface area contributed by atoms with Gasteiger partial charge in [-0.2, -0.15) is 0 Å². The second kappa shape index (κ2) is 9.68. The number of nitrogens with one attached hydrogen (secondary N) is 2. The number of anilines is 1. The molecule has 0 bridgehead atoms. The Bertz CT molecular complexity index is 690. The van der Waals surface area contributed by atoms with Crippen molar-refractivity contribution >= 4 is 23.4 Å². The zero-order chi connectivity index (χ0) is 19.9. The molecule has 2 N–H and O–H groups in total. The molecule has 7 nitrogen and oxygen atoms in total. The van der Waals surface area contributed by atoms with E-state index in [1.165, 1.54) is 6.42 Å². The molecule has 1 aliphatic carbocycles. The van der Waals surface area contributed by atoms with E-state index in [1.807, 2.05) is 0 Å². The molecule has 0 spiro atoms. The molecule has 1 saturated heterocycles. The molecule has 152 valence electrons. The third-order valence-electron chi connectivity index (χ3n) is 5.65. The molecule has 0 radical (unpaired) electrons. The SMILES string of the molecule is CCN1CCN(C(=O)C(=O)Nc2ccc(C(=O)NC3CCCCC3)cc2)CC1. The van der Waals surface area contributed by atoms with Gasteiger partial charge in [-0.3, -0.25) is 14.4 Å². The van der Waals surface area contributed by atoms with Crippen LogP contribution < -0.4 is 10.6 Å². The maximum Gasteiger partial charge on any atom is 0.313 e. The van der Waals surface area contributed by atoms with Crippen molar-refractivity contribution in [2.45, 2.75) is 45.1 Å². The standard InChI is InChI=1S/C21H30N4O3/c1-2-24-12-14-25(15-13-24)21(28)20(27)23-18-10-8-16(9-11-18)19(26)22-17-6-4-3-5-7-17/h8-11,17H,2-7,12-15H2,1H3,(H,22,26)(H,23,27). The molecule has 2 fully saturated rings. The minimum Gasteiger partial charge on any atom is -0.349 e. The van der Waals surface area contributed by atoms with Crippen molar-refractivity contribution in [2.24, 2.45) is 0 Å². The van der Waals surface area contributed by atoms with E-state index in [2.05, 4.69) is 22.5 Å². The van der Waals surface area contributed by atoms with E-state index in [1.54, 1.807) is 29.2 Å². The maximum absolute atomic E-state index is 12.3. The molecule has 1 aromatic carbocycles. The Morgan fingerprint density at radius 2 is 1.61 bits per heavy atom. The van der Waals surface area contributed by atoms with Crippen molar-refractivity contribution in [3.05, 3.63) is 29.8 Å². The summed E-state index contributed by atoms with van der Waals surface area (Å²) in [5.41, 5.74) is 1.07. The van der Waals surface area contributed by atoms with E-state index < -0.39 is 11.8 Å². The highest BCUT2D eigenvalue weighted by Gasteiger charge is 2.25. The van der Waals surface area contributed by atoms with Crippen LogP contribution in [-0.4, -0.2) is 66.3 Å². The molecule has 1 aliphatic heterocycles. The maximum atomic E-state index is 12.3. The Morgan fingerprint density at radius 1 is 0.964 bits per heavy atom. The number of amides is 3. The highest BCUT2D eigenvalue weighted by Crippen LogP contribution is 2.18. The molecule has 28 heavy (non-hydrogen) atoms. The summed E-state index contributed by atoms with van der Waals surface area (Å²) in [6.45, 7) is 5.76. The first-order valence-electron chi connectivity index (χ1n) is 10.3. The molecule has 1 aromatic rings. The molecular weight excluding hydrogens is 356 g/mol. The van der Waals surface area contributed by atoms with E-state index in [0.717, 1.165) is 45.3 Å². The highest BCUT2D eigenvalue weighted by molar-refractivity contribution is 6.39. The topological polar surface area (TPSA) is 81.8 Å². The van der Waals surface area contributed by atoms with Gasteiger partial charge in [0.2, 0.25) is 0 Å². The van der Waals surface area contributed by atoms with Crippen molar-refractivity contribution in [1.82, 2.24) is 15.1 Å². The van der Waals surface area contributed by atoms with Gasteiger partial charge in [0.15, 0.2) is 0 Å². The average Bonchev–Trinajstić information content (AvgIpc) is 2.74. The van der Waals surface area contributed by atoms with E-state index in [4.69, 9.17) is 0 Å². The minimum atomic E-state index is -0.635. The van der Waals surface area contributed by atoms with Gasteiger partial charge < -0.3 is 20.4 Å². The summed E-state index contributed by atoms with van der Waals surface area (Å²) in [5.74, 6) is -1.23. The Balaban J connectivity index is 1.50. The normalized spacial score (nSPS) is 18.5. The number of carbonyl (C=O) groups is 3. The minimum absolute atomic E-state index is 0.0883. The van der Waals surface area contributed by atoms with Crippen LogP contribution in [0.1, 0.15) is 49.4 Å². The van der Waals surface area contributed by atoms with Crippen molar-refractivity contribution in [3.8, 4) is 0 Å². The van der Waals surface area contributed by atoms with E-state index >= 15 is 0 Å². The lowest BCUT2D eigenvalue weighted by atomic mass is 9.95. The lowest BCUT2D eigenvalue weighted by Crippen LogP contribution is -2.51. The molecule has 3 amide bonds. The summed E-state index contributed by atoms with van der Waals surface area (Å²) in [6.07, 6.45) is 5.64. The highest BCUT2D eigenvalue weighted by atomic mass is 16.2. The molecule has 7 heteroatoms. The molecule has 0 unspecified atom stereocenters. The summed E-state index contributed by atoms with van der Waals surface area (Å²) in [5, 5.41) is 5.71. The number of rotatable bonds is 4. The molecule has 1 saturated carbocycles.